The summed E-state index contributed by atoms with van der Waals surface area (Å²) in [5.41, 5.74) is 2.52. The average Bonchev–Trinajstić information content (AvgIpc) is 3.34. The summed E-state index contributed by atoms with van der Waals surface area (Å²) < 4.78 is 15.3. The van der Waals surface area contributed by atoms with Crippen molar-refractivity contribution in [2.45, 2.75) is 13.0 Å². The van der Waals surface area contributed by atoms with Crippen molar-refractivity contribution >= 4 is 22.4 Å². The molecule has 0 atom stereocenters. The lowest BCUT2D eigenvalue weighted by Gasteiger charge is -2.05. The molecule has 28 heavy (non-hydrogen) atoms. The number of thiazole rings is 1. The second-order valence-electron chi connectivity index (χ2n) is 6.32. The van der Waals surface area contributed by atoms with Gasteiger partial charge in [0, 0.05) is 42.0 Å². The monoisotopic (exact) mass is 392 g/mol. The molecule has 0 saturated carbocycles. The van der Waals surface area contributed by atoms with Crippen molar-refractivity contribution in [1.82, 2.24) is 14.5 Å². The van der Waals surface area contributed by atoms with E-state index in [1.165, 1.54) is 23.5 Å². The van der Waals surface area contributed by atoms with Gasteiger partial charge in [-0.25, -0.2) is 14.4 Å². The first-order chi connectivity index (χ1) is 13.7. The van der Waals surface area contributed by atoms with E-state index in [4.69, 9.17) is 0 Å². The number of benzene rings is 2. The highest BCUT2D eigenvalue weighted by molar-refractivity contribution is 7.15. The first kappa shape index (κ1) is 18.1. The third kappa shape index (κ3) is 4.50. The summed E-state index contributed by atoms with van der Waals surface area (Å²) in [5, 5.41) is 3.35. The molecule has 0 fully saturated rings. The van der Waals surface area contributed by atoms with Crippen LogP contribution < -0.4 is 5.32 Å². The molecule has 7 heteroatoms. The molecule has 4 rings (SSSR count). The number of hydrogen-bond acceptors (Lipinski definition) is 4. The molecule has 0 aliphatic heterocycles. The van der Waals surface area contributed by atoms with Crippen molar-refractivity contribution in [2.75, 3.05) is 5.32 Å². The minimum absolute atomic E-state index is 0.208. The van der Waals surface area contributed by atoms with Gasteiger partial charge in [-0.3, -0.25) is 10.1 Å². The Balaban J connectivity index is 1.37. The van der Waals surface area contributed by atoms with Crippen molar-refractivity contribution in [3.05, 3.63) is 101 Å². The minimum Gasteiger partial charge on any atom is -0.333 e. The highest BCUT2D eigenvalue weighted by Crippen LogP contribution is 2.22. The number of aromatic nitrogens is 3. The van der Waals surface area contributed by atoms with E-state index in [0.717, 1.165) is 16.0 Å². The molecular formula is C21H17FN4OS. The summed E-state index contributed by atoms with van der Waals surface area (Å²) in [6, 6.07) is 13.9. The third-order valence-electron chi connectivity index (χ3n) is 4.18. The van der Waals surface area contributed by atoms with Crippen LogP contribution in [0, 0.1) is 5.82 Å². The molecule has 0 bridgehead atoms. The number of nitrogens with zero attached hydrogens (tertiary/aromatic N) is 3. The Morgan fingerprint density at radius 3 is 2.75 bits per heavy atom. The molecule has 1 N–H and O–H groups in total. The summed E-state index contributed by atoms with van der Waals surface area (Å²) in [5.74, 6) is -0.465. The second kappa shape index (κ2) is 8.14. The van der Waals surface area contributed by atoms with E-state index in [1.54, 1.807) is 36.9 Å². The van der Waals surface area contributed by atoms with Crippen LogP contribution in [0.15, 0.2) is 73.4 Å². The van der Waals surface area contributed by atoms with Crippen LogP contribution in [0.5, 0.6) is 0 Å². The molecule has 4 aromatic rings. The fourth-order valence-electron chi connectivity index (χ4n) is 2.82. The number of carbonyl (C=O) groups excluding carboxylic acids is 1. The Morgan fingerprint density at radius 1 is 1.14 bits per heavy atom. The summed E-state index contributed by atoms with van der Waals surface area (Å²) in [7, 11) is 0. The molecule has 0 spiro atoms. The zero-order valence-electron chi connectivity index (χ0n) is 14.9. The lowest BCUT2D eigenvalue weighted by Crippen LogP contribution is -2.11. The van der Waals surface area contributed by atoms with E-state index in [-0.39, 0.29) is 11.7 Å². The van der Waals surface area contributed by atoms with E-state index in [1.807, 2.05) is 29.0 Å². The second-order valence-corrected chi connectivity index (χ2v) is 7.44. The van der Waals surface area contributed by atoms with E-state index >= 15 is 0 Å². The first-order valence-electron chi connectivity index (χ1n) is 8.71. The number of anilines is 1. The maximum absolute atomic E-state index is 13.3. The molecule has 0 radical (unpaired) electrons. The highest BCUT2D eigenvalue weighted by Gasteiger charge is 2.10. The highest BCUT2D eigenvalue weighted by atomic mass is 32.1. The molecule has 0 saturated heterocycles. The average molecular weight is 392 g/mol. The zero-order valence-corrected chi connectivity index (χ0v) is 15.7. The van der Waals surface area contributed by atoms with E-state index < -0.39 is 0 Å². The number of imidazole rings is 1. The van der Waals surface area contributed by atoms with Crippen molar-refractivity contribution in [3.8, 4) is 0 Å². The van der Waals surface area contributed by atoms with Crippen LogP contribution in [0.25, 0.3) is 0 Å². The smallest absolute Gasteiger partial charge is 0.257 e. The molecule has 0 unspecified atom stereocenters. The first-order valence-corrected chi connectivity index (χ1v) is 9.52. The van der Waals surface area contributed by atoms with Gasteiger partial charge in [0.05, 0.1) is 6.33 Å². The molecule has 0 aliphatic carbocycles. The van der Waals surface area contributed by atoms with Crippen LogP contribution in [0.1, 0.15) is 26.4 Å². The summed E-state index contributed by atoms with van der Waals surface area (Å²) in [4.78, 5) is 21.7. The number of nitrogens with one attached hydrogen (secondary N) is 1. The van der Waals surface area contributed by atoms with Gasteiger partial charge in [-0.1, -0.05) is 24.3 Å². The van der Waals surface area contributed by atoms with Gasteiger partial charge < -0.3 is 4.57 Å². The summed E-state index contributed by atoms with van der Waals surface area (Å²) in [6.07, 6.45) is 7.67. The zero-order chi connectivity index (χ0) is 19.3. The van der Waals surface area contributed by atoms with Crippen LogP contribution in [0.4, 0.5) is 9.52 Å². The van der Waals surface area contributed by atoms with E-state index in [2.05, 4.69) is 15.3 Å². The van der Waals surface area contributed by atoms with Crippen molar-refractivity contribution in [1.29, 1.82) is 0 Å². The number of rotatable bonds is 6. The molecule has 5 nitrogen and oxygen atoms in total. The molecule has 0 aliphatic rings. The number of hydrogen-bond donors (Lipinski definition) is 1. The van der Waals surface area contributed by atoms with Gasteiger partial charge in [-0.15, -0.1) is 11.3 Å². The topological polar surface area (TPSA) is 59.8 Å². The lowest BCUT2D eigenvalue weighted by atomic mass is 10.1. The third-order valence-corrected chi connectivity index (χ3v) is 5.09. The molecular weight excluding hydrogens is 375 g/mol. The Morgan fingerprint density at radius 2 is 2.00 bits per heavy atom. The minimum atomic E-state index is -0.257. The number of carbonyl (C=O) groups is 1. The normalized spacial score (nSPS) is 10.8. The van der Waals surface area contributed by atoms with Crippen LogP contribution in [-0.2, 0) is 13.0 Å². The Labute approximate surface area is 165 Å². The Kier molecular flexibility index (Phi) is 5.25. The van der Waals surface area contributed by atoms with Crippen molar-refractivity contribution in [3.63, 3.8) is 0 Å². The van der Waals surface area contributed by atoms with Gasteiger partial charge in [0.2, 0.25) is 0 Å². The van der Waals surface area contributed by atoms with Crippen LogP contribution >= 0.6 is 11.3 Å². The van der Waals surface area contributed by atoms with Gasteiger partial charge in [0.1, 0.15) is 5.82 Å². The van der Waals surface area contributed by atoms with Gasteiger partial charge in [0.25, 0.3) is 5.91 Å². The lowest BCUT2D eigenvalue weighted by molar-refractivity contribution is 0.102. The largest absolute Gasteiger partial charge is 0.333 e. The SMILES string of the molecule is O=C(Nc1ncc(Cc2cccc(F)c2)s1)c1ccc(Cn2ccnc2)cc1. The Hall–Kier alpha value is -3.32. The Bertz CT molecular complexity index is 1070. The van der Waals surface area contributed by atoms with Gasteiger partial charge in [-0.05, 0) is 35.4 Å². The maximum atomic E-state index is 13.3. The fraction of sp³-hybridized carbons (Fsp3) is 0.0952. The quantitative estimate of drug-likeness (QED) is 0.530. The van der Waals surface area contributed by atoms with E-state index in [9.17, 15) is 9.18 Å². The molecule has 2 aromatic heterocycles. The van der Waals surface area contributed by atoms with Crippen LogP contribution in [0.2, 0.25) is 0 Å². The predicted octanol–water partition coefficient (Wildman–Crippen LogP) is 4.37. The fourth-order valence-corrected chi connectivity index (χ4v) is 3.66. The standard InChI is InChI=1S/C21H17FN4OS/c22-18-3-1-2-16(10-18)11-19-12-24-21(28-19)25-20(27)17-6-4-15(5-7-17)13-26-9-8-23-14-26/h1-10,12,14H,11,13H2,(H,24,25,27). The van der Waals surface area contributed by atoms with Gasteiger partial charge >= 0.3 is 0 Å². The van der Waals surface area contributed by atoms with Crippen molar-refractivity contribution < 1.29 is 9.18 Å². The molecule has 2 aromatic carbocycles. The van der Waals surface area contributed by atoms with Crippen LogP contribution in [-0.4, -0.2) is 20.4 Å². The molecule has 140 valence electrons. The molecule has 1 amide bonds. The molecule has 2 heterocycles. The number of amides is 1. The van der Waals surface area contributed by atoms with Gasteiger partial charge in [-0.2, -0.15) is 0 Å². The van der Waals surface area contributed by atoms with Gasteiger partial charge in [0.15, 0.2) is 5.13 Å². The summed E-state index contributed by atoms with van der Waals surface area (Å²) >= 11 is 1.39. The van der Waals surface area contributed by atoms with E-state index in [0.29, 0.717) is 23.7 Å². The summed E-state index contributed by atoms with van der Waals surface area (Å²) in [6.45, 7) is 0.706. The van der Waals surface area contributed by atoms with Crippen LogP contribution in [0.3, 0.4) is 0 Å². The number of halogens is 1. The maximum Gasteiger partial charge on any atom is 0.257 e. The predicted molar refractivity (Wildman–Crippen MR) is 107 cm³/mol. The van der Waals surface area contributed by atoms with Crippen molar-refractivity contribution in [2.24, 2.45) is 0 Å².